The van der Waals surface area contributed by atoms with E-state index < -0.39 is 17.5 Å². The van der Waals surface area contributed by atoms with Crippen molar-refractivity contribution in [1.29, 1.82) is 0 Å². The lowest BCUT2D eigenvalue weighted by atomic mass is 10.0. The molecule has 0 aromatic heterocycles. The van der Waals surface area contributed by atoms with Gasteiger partial charge < -0.3 is 0 Å². The predicted octanol–water partition coefficient (Wildman–Crippen LogP) is 2.73. The highest BCUT2D eigenvalue weighted by atomic mass is 35.5. The van der Waals surface area contributed by atoms with E-state index in [1.54, 1.807) is 0 Å². The standard InChI is InChI=1S/C10H8ClF2NO/c11-14-10(15)6-3-4-7(12)9(13)8(6)5-1-2-5/h3-5H,1-2H2,(H,14,15). The van der Waals surface area contributed by atoms with Crippen molar-refractivity contribution in [2.75, 3.05) is 0 Å². The zero-order valence-corrected chi connectivity index (χ0v) is 8.44. The minimum Gasteiger partial charge on any atom is -0.268 e. The number of nitrogens with one attached hydrogen (secondary N) is 1. The Morgan fingerprint density at radius 3 is 2.60 bits per heavy atom. The Balaban J connectivity index is 2.53. The van der Waals surface area contributed by atoms with Gasteiger partial charge in [0, 0.05) is 22.9 Å². The molecule has 1 saturated carbocycles. The van der Waals surface area contributed by atoms with E-state index in [9.17, 15) is 13.6 Å². The van der Waals surface area contributed by atoms with Crippen molar-refractivity contribution in [3.8, 4) is 0 Å². The average Bonchev–Trinajstić information content (AvgIpc) is 3.04. The zero-order valence-electron chi connectivity index (χ0n) is 7.69. The van der Waals surface area contributed by atoms with Crippen LogP contribution in [0.15, 0.2) is 12.1 Å². The van der Waals surface area contributed by atoms with E-state index >= 15 is 0 Å². The average molecular weight is 232 g/mol. The first-order valence-corrected chi connectivity index (χ1v) is 4.91. The third-order valence-corrected chi connectivity index (χ3v) is 2.62. The highest BCUT2D eigenvalue weighted by Crippen LogP contribution is 2.43. The Bertz CT molecular complexity index is 418. The van der Waals surface area contributed by atoms with Gasteiger partial charge in [-0.15, -0.1) is 0 Å². The van der Waals surface area contributed by atoms with Crippen LogP contribution in [0, 0.1) is 11.6 Å². The highest BCUT2D eigenvalue weighted by Gasteiger charge is 2.32. The molecule has 2 nitrogen and oxygen atoms in total. The lowest BCUT2D eigenvalue weighted by Crippen LogP contribution is -2.16. The van der Waals surface area contributed by atoms with Gasteiger partial charge in [0.2, 0.25) is 0 Å². The first-order chi connectivity index (χ1) is 7.15. The summed E-state index contributed by atoms with van der Waals surface area (Å²) in [5.74, 6) is -2.51. The van der Waals surface area contributed by atoms with Crippen molar-refractivity contribution in [2.24, 2.45) is 0 Å². The summed E-state index contributed by atoms with van der Waals surface area (Å²) in [6.07, 6.45) is 1.56. The monoisotopic (exact) mass is 231 g/mol. The van der Waals surface area contributed by atoms with Gasteiger partial charge in [0.05, 0.1) is 0 Å². The Labute approximate surface area is 90.3 Å². The van der Waals surface area contributed by atoms with Gasteiger partial charge in [0.15, 0.2) is 11.6 Å². The summed E-state index contributed by atoms with van der Waals surface area (Å²) in [6, 6.07) is 2.19. The molecular weight excluding hydrogens is 224 g/mol. The third kappa shape index (κ3) is 1.81. The number of hydrogen-bond acceptors (Lipinski definition) is 1. The molecule has 0 aliphatic heterocycles. The van der Waals surface area contributed by atoms with Gasteiger partial charge >= 0.3 is 0 Å². The van der Waals surface area contributed by atoms with Gasteiger partial charge in [-0.1, -0.05) is 0 Å². The Hall–Kier alpha value is -1.16. The van der Waals surface area contributed by atoms with Crippen LogP contribution in [0.3, 0.4) is 0 Å². The van der Waals surface area contributed by atoms with Crippen LogP contribution in [-0.2, 0) is 0 Å². The lowest BCUT2D eigenvalue weighted by molar-refractivity contribution is 0.0980. The zero-order chi connectivity index (χ0) is 11.0. The molecule has 0 saturated heterocycles. The molecule has 0 unspecified atom stereocenters. The molecule has 1 fully saturated rings. The minimum atomic E-state index is -0.935. The number of hydrogen-bond donors (Lipinski definition) is 1. The first kappa shape index (κ1) is 10.4. The van der Waals surface area contributed by atoms with Crippen LogP contribution in [0.1, 0.15) is 34.7 Å². The maximum atomic E-state index is 13.5. The van der Waals surface area contributed by atoms with E-state index in [4.69, 9.17) is 11.8 Å². The summed E-state index contributed by atoms with van der Waals surface area (Å²) in [5, 5.41) is 0. The van der Waals surface area contributed by atoms with E-state index in [1.165, 1.54) is 6.07 Å². The van der Waals surface area contributed by atoms with Gasteiger partial charge in [-0.3, -0.25) is 9.63 Å². The van der Waals surface area contributed by atoms with Crippen LogP contribution in [0.4, 0.5) is 8.78 Å². The number of rotatable bonds is 2. The van der Waals surface area contributed by atoms with Crippen molar-refractivity contribution < 1.29 is 13.6 Å². The number of amides is 1. The maximum Gasteiger partial charge on any atom is 0.266 e. The Morgan fingerprint density at radius 2 is 2.07 bits per heavy atom. The van der Waals surface area contributed by atoms with Crippen molar-refractivity contribution in [3.63, 3.8) is 0 Å². The summed E-state index contributed by atoms with van der Waals surface area (Å²) in [6.45, 7) is 0. The normalized spacial score (nSPS) is 15.1. The molecule has 0 atom stereocenters. The molecule has 15 heavy (non-hydrogen) atoms. The third-order valence-electron chi connectivity index (χ3n) is 2.45. The predicted molar refractivity (Wildman–Crippen MR) is 51.7 cm³/mol. The second kappa shape index (κ2) is 3.77. The van der Waals surface area contributed by atoms with Crippen molar-refractivity contribution in [3.05, 3.63) is 34.9 Å². The van der Waals surface area contributed by atoms with Crippen molar-refractivity contribution >= 4 is 17.7 Å². The van der Waals surface area contributed by atoms with Gasteiger partial charge in [-0.25, -0.2) is 8.78 Å². The smallest absolute Gasteiger partial charge is 0.266 e. The second-order valence-corrected chi connectivity index (χ2v) is 3.71. The van der Waals surface area contributed by atoms with Gasteiger partial charge in [0.25, 0.3) is 5.91 Å². The molecule has 1 aliphatic rings. The molecule has 2 rings (SSSR count). The van der Waals surface area contributed by atoms with Crippen molar-refractivity contribution in [1.82, 2.24) is 4.84 Å². The van der Waals surface area contributed by atoms with E-state index in [1.807, 2.05) is 4.84 Å². The first-order valence-electron chi connectivity index (χ1n) is 4.54. The number of carbonyl (C=O) groups excluding carboxylic acids is 1. The quantitative estimate of drug-likeness (QED) is 0.779. The van der Waals surface area contributed by atoms with Crippen LogP contribution in [0.2, 0.25) is 0 Å². The molecule has 1 N–H and O–H groups in total. The largest absolute Gasteiger partial charge is 0.268 e. The van der Waals surface area contributed by atoms with E-state index in [2.05, 4.69) is 0 Å². The van der Waals surface area contributed by atoms with E-state index in [0.29, 0.717) is 0 Å². The molecular formula is C10H8ClF2NO. The van der Waals surface area contributed by atoms with Crippen LogP contribution in [0.5, 0.6) is 0 Å². The fourth-order valence-electron chi connectivity index (χ4n) is 1.59. The fourth-order valence-corrected chi connectivity index (χ4v) is 1.69. The van der Waals surface area contributed by atoms with Crippen LogP contribution in [0.25, 0.3) is 0 Å². The van der Waals surface area contributed by atoms with E-state index in [0.717, 1.165) is 18.9 Å². The van der Waals surface area contributed by atoms with Gasteiger partial charge in [-0.05, 0) is 30.9 Å². The highest BCUT2D eigenvalue weighted by molar-refractivity contribution is 6.24. The second-order valence-electron chi connectivity index (χ2n) is 3.52. The molecule has 80 valence electrons. The molecule has 0 bridgehead atoms. The van der Waals surface area contributed by atoms with Gasteiger partial charge in [-0.2, -0.15) is 0 Å². The minimum absolute atomic E-state index is 0.0512. The van der Waals surface area contributed by atoms with Crippen LogP contribution >= 0.6 is 11.8 Å². The number of carbonyl (C=O) groups is 1. The van der Waals surface area contributed by atoms with E-state index in [-0.39, 0.29) is 17.0 Å². The summed E-state index contributed by atoms with van der Waals surface area (Å²) in [7, 11) is 0. The molecule has 0 radical (unpaired) electrons. The summed E-state index contributed by atoms with van der Waals surface area (Å²) in [5.41, 5.74) is 0.263. The topological polar surface area (TPSA) is 29.1 Å². The fraction of sp³-hybridized carbons (Fsp3) is 0.300. The summed E-state index contributed by atoms with van der Waals surface area (Å²) >= 11 is 5.16. The van der Waals surface area contributed by atoms with Crippen LogP contribution in [-0.4, -0.2) is 5.91 Å². The molecule has 0 heterocycles. The molecule has 1 amide bonds. The molecule has 1 aliphatic carbocycles. The number of halogens is 3. The molecule has 0 spiro atoms. The number of benzene rings is 1. The van der Waals surface area contributed by atoms with Crippen molar-refractivity contribution in [2.45, 2.75) is 18.8 Å². The lowest BCUT2D eigenvalue weighted by Gasteiger charge is -2.08. The Kier molecular flexibility index (Phi) is 2.61. The van der Waals surface area contributed by atoms with Gasteiger partial charge in [0.1, 0.15) is 0 Å². The molecule has 5 heteroatoms. The summed E-state index contributed by atoms with van der Waals surface area (Å²) < 4.78 is 26.4. The Morgan fingerprint density at radius 1 is 1.40 bits per heavy atom. The van der Waals surface area contributed by atoms with Crippen LogP contribution < -0.4 is 4.84 Å². The SMILES string of the molecule is O=C(NCl)c1ccc(F)c(F)c1C1CC1. The summed E-state index contributed by atoms with van der Waals surface area (Å²) in [4.78, 5) is 13.2. The molecule has 1 aromatic rings. The maximum absolute atomic E-state index is 13.5. The molecule has 1 aromatic carbocycles.